The topological polar surface area (TPSA) is 70.7 Å². The van der Waals surface area contributed by atoms with Crippen LogP contribution in [0, 0.1) is 0 Å². The Balaban J connectivity index is 1.46. The molecule has 1 aromatic rings. The van der Waals surface area contributed by atoms with E-state index in [2.05, 4.69) is 16.7 Å². The Morgan fingerprint density at radius 3 is 2.96 bits per heavy atom. The number of ether oxygens (including phenoxy) is 1. The zero-order chi connectivity index (χ0) is 16.2. The maximum absolute atomic E-state index is 12.3. The predicted octanol–water partition coefficient (Wildman–Crippen LogP) is 1.30. The number of para-hydroxylation sites is 1. The lowest BCUT2D eigenvalue weighted by atomic mass is 10.1. The van der Waals surface area contributed by atoms with Crippen molar-refractivity contribution in [3.63, 3.8) is 0 Å². The van der Waals surface area contributed by atoms with E-state index in [0.717, 1.165) is 31.6 Å². The van der Waals surface area contributed by atoms with Crippen LogP contribution in [-0.2, 0) is 11.2 Å². The van der Waals surface area contributed by atoms with Crippen LogP contribution >= 0.6 is 0 Å². The Morgan fingerprint density at radius 1 is 1.35 bits per heavy atom. The lowest BCUT2D eigenvalue weighted by Crippen LogP contribution is -2.52. The summed E-state index contributed by atoms with van der Waals surface area (Å²) in [4.78, 5) is 25.2. The molecule has 0 radical (unpaired) electrons. The summed E-state index contributed by atoms with van der Waals surface area (Å²) in [6.45, 7) is 3.30. The van der Waals surface area contributed by atoms with Gasteiger partial charge in [0.05, 0.1) is 6.54 Å². The molecule has 1 saturated heterocycles. The second-order valence-corrected chi connectivity index (χ2v) is 6.22. The van der Waals surface area contributed by atoms with E-state index in [1.807, 2.05) is 18.2 Å². The predicted molar refractivity (Wildman–Crippen MR) is 86.4 cm³/mol. The van der Waals surface area contributed by atoms with Crippen LogP contribution in [0.5, 0.6) is 5.75 Å². The molecule has 23 heavy (non-hydrogen) atoms. The second-order valence-electron chi connectivity index (χ2n) is 6.22. The van der Waals surface area contributed by atoms with Gasteiger partial charge < -0.3 is 20.3 Å². The normalized spacial score (nSPS) is 22.9. The summed E-state index contributed by atoms with van der Waals surface area (Å²) in [6.07, 6.45) is 2.64. The maximum Gasteiger partial charge on any atom is 0.317 e. The van der Waals surface area contributed by atoms with Crippen LogP contribution in [0.1, 0.15) is 25.3 Å². The summed E-state index contributed by atoms with van der Waals surface area (Å²) in [5.41, 5.74) is 1.19. The molecule has 0 bridgehead atoms. The summed E-state index contributed by atoms with van der Waals surface area (Å²) in [6, 6.07) is 7.94. The highest BCUT2D eigenvalue weighted by atomic mass is 16.5. The minimum Gasteiger partial charge on any atom is -0.488 e. The van der Waals surface area contributed by atoms with E-state index < -0.39 is 0 Å². The fourth-order valence-corrected chi connectivity index (χ4v) is 3.25. The first-order valence-corrected chi connectivity index (χ1v) is 8.16. The number of benzene rings is 1. The van der Waals surface area contributed by atoms with Gasteiger partial charge in [-0.15, -0.1) is 0 Å². The minimum atomic E-state index is -0.0837. The van der Waals surface area contributed by atoms with Crippen LogP contribution in [0.3, 0.4) is 0 Å². The highest BCUT2D eigenvalue weighted by Gasteiger charge is 2.26. The van der Waals surface area contributed by atoms with Gasteiger partial charge in [-0.1, -0.05) is 18.2 Å². The average molecular weight is 317 g/mol. The molecule has 6 heteroatoms. The van der Waals surface area contributed by atoms with E-state index in [1.165, 1.54) is 12.5 Å². The molecule has 2 aliphatic heterocycles. The van der Waals surface area contributed by atoms with Crippen LogP contribution < -0.4 is 15.4 Å². The number of fused-ring (bicyclic) bond motifs is 1. The van der Waals surface area contributed by atoms with E-state index >= 15 is 0 Å². The van der Waals surface area contributed by atoms with Gasteiger partial charge in [0.15, 0.2) is 0 Å². The quantitative estimate of drug-likeness (QED) is 0.883. The minimum absolute atomic E-state index is 0.00715. The highest BCUT2D eigenvalue weighted by Crippen LogP contribution is 2.27. The van der Waals surface area contributed by atoms with Crippen LogP contribution in [0.4, 0.5) is 4.79 Å². The van der Waals surface area contributed by atoms with Crippen LogP contribution in [-0.4, -0.2) is 48.6 Å². The van der Waals surface area contributed by atoms with Crippen LogP contribution in [0.2, 0.25) is 0 Å². The Kier molecular flexibility index (Phi) is 4.69. The number of hydrogen-bond acceptors (Lipinski definition) is 3. The van der Waals surface area contributed by atoms with Gasteiger partial charge in [0.25, 0.3) is 0 Å². The first-order chi connectivity index (χ1) is 11.1. The monoisotopic (exact) mass is 317 g/mol. The lowest BCUT2D eigenvalue weighted by molar-refractivity contribution is -0.119. The summed E-state index contributed by atoms with van der Waals surface area (Å²) in [5.74, 6) is 0.866. The fourth-order valence-electron chi connectivity index (χ4n) is 3.25. The van der Waals surface area contributed by atoms with E-state index in [0.29, 0.717) is 13.1 Å². The molecular formula is C17H23N3O3. The number of nitrogens with zero attached hydrogens (tertiary/aromatic N) is 1. The molecule has 2 atom stereocenters. The van der Waals surface area contributed by atoms with Gasteiger partial charge in [-0.2, -0.15) is 0 Å². The number of amides is 3. The molecule has 3 amide bonds. The van der Waals surface area contributed by atoms with Crippen molar-refractivity contribution < 1.29 is 14.3 Å². The Hall–Kier alpha value is -2.24. The SMILES string of the molecule is CC(=O)N[C@H]1CCCN(C(=O)NC[C@H]2Cc3ccccc3O2)C1. The third-order valence-corrected chi connectivity index (χ3v) is 4.31. The van der Waals surface area contributed by atoms with E-state index in [-0.39, 0.29) is 24.1 Å². The number of carbonyl (C=O) groups excluding carboxylic acids is 2. The molecule has 0 spiro atoms. The Bertz CT molecular complexity index is 565. The lowest BCUT2D eigenvalue weighted by Gasteiger charge is -2.33. The highest BCUT2D eigenvalue weighted by molar-refractivity contribution is 5.75. The zero-order valence-electron chi connectivity index (χ0n) is 13.4. The smallest absolute Gasteiger partial charge is 0.317 e. The molecule has 1 fully saturated rings. The summed E-state index contributed by atoms with van der Waals surface area (Å²) in [7, 11) is 0. The molecule has 2 heterocycles. The van der Waals surface area contributed by atoms with Gasteiger partial charge in [-0.25, -0.2) is 4.79 Å². The zero-order valence-corrected chi connectivity index (χ0v) is 13.4. The number of likely N-dealkylation sites (tertiary alicyclic amines) is 1. The largest absolute Gasteiger partial charge is 0.488 e. The van der Waals surface area contributed by atoms with Crippen molar-refractivity contribution in [3.8, 4) is 5.75 Å². The van der Waals surface area contributed by atoms with Gasteiger partial charge in [0.2, 0.25) is 5.91 Å². The second kappa shape index (κ2) is 6.89. The van der Waals surface area contributed by atoms with E-state index in [4.69, 9.17) is 4.74 Å². The van der Waals surface area contributed by atoms with Gasteiger partial charge >= 0.3 is 6.03 Å². The standard InChI is InChI=1S/C17H23N3O3/c1-12(21)19-14-6-4-8-20(11-14)17(22)18-10-15-9-13-5-2-3-7-16(13)23-15/h2-3,5,7,14-15H,4,6,8-11H2,1H3,(H,18,22)(H,19,21)/t14-,15+/m0/s1. The molecule has 0 unspecified atom stereocenters. The number of carbonyl (C=O) groups is 2. The molecule has 3 rings (SSSR count). The first kappa shape index (κ1) is 15.6. The molecule has 124 valence electrons. The Morgan fingerprint density at radius 2 is 2.17 bits per heavy atom. The van der Waals surface area contributed by atoms with Crippen molar-refractivity contribution in [2.24, 2.45) is 0 Å². The molecule has 2 N–H and O–H groups in total. The summed E-state index contributed by atoms with van der Waals surface area (Å²) in [5, 5.41) is 5.84. The van der Waals surface area contributed by atoms with Crippen molar-refractivity contribution in [3.05, 3.63) is 29.8 Å². The first-order valence-electron chi connectivity index (χ1n) is 8.16. The third-order valence-electron chi connectivity index (χ3n) is 4.31. The average Bonchev–Trinajstić information content (AvgIpc) is 2.95. The van der Waals surface area contributed by atoms with Crippen LogP contribution in [0.25, 0.3) is 0 Å². The van der Waals surface area contributed by atoms with Crippen LogP contribution in [0.15, 0.2) is 24.3 Å². The van der Waals surface area contributed by atoms with Crippen molar-refractivity contribution in [1.29, 1.82) is 0 Å². The number of rotatable bonds is 3. The van der Waals surface area contributed by atoms with Crippen molar-refractivity contribution in [2.75, 3.05) is 19.6 Å². The fraction of sp³-hybridized carbons (Fsp3) is 0.529. The molecule has 1 aromatic carbocycles. The third kappa shape index (κ3) is 3.94. The number of piperidine rings is 1. The van der Waals surface area contributed by atoms with E-state index in [1.54, 1.807) is 4.90 Å². The molecule has 2 aliphatic rings. The summed E-state index contributed by atoms with van der Waals surface area (Å²) < 4.78 is 5.83. The number of urea groups is 1. The molecule has 0 aromatic heterocycles. The molecule has 6 nitrogen and oxygen atoms in total. The van der Waals surface area contributed by atoms with Gasteiger partial charge in [-0.3, -0.25) is 4.79 Å². The van der Waals surface area contributed by atoms with Gasteiger partial charge in [0.1, 0.15) is 11.9 Å². The maximum atomic E-state index is 12.3. The number of nitrogens with one attached hydrogen (secondary N) is 2. The van der Waals surface area contributed by atoms with Gasteiger partial charge in [-0.05, 0) is 24.5 Å². The Labute approximate surface area is 136 Å². The van der Waals surface area contributed by atoms with E-state index in [9.17, 15) is 9.59 Å². The van der Waals surface area contributed by atoms with Crippen molar-refractivity contribution >= 4 is 11.9 Å². The number of hydrogen-bond donors (Lipinski definition) is 2. The molecular weight excluding hydrogens is 294 g/mol. The van der Waals surface area contributed by atoms with Crippen molar-refractivity contribution in [1.82, 2.24) is 15.5 Å². The molecule has 0 saturated carbocycles. The van der Waals surface area contributed by atoms with Crippen molar-refractivity contribution in [2.45, 2.75) is 38.3 Å². The summed E-state index contributed by atoms with van der Waals surface area (Å²) >= 11 is 0. The molecule has 0 aliphatic carbocycles. The van der Waals surface area contributed by atoms with Gasteiger partial charge in [0, 0.05) is 32.5 Å².